The topological polar surface area (TPSA) is 78.9 Å². The molecule has 0 aromatic rings. The average molecular weight is 897 g/mol. The molecular formula is C59H92O6. The van der Waals surface area contributed by atoms with Crippen LogP contribution in [0, 0.1) is 0 Å². The maximum atomic E-state index is 12.8. The standard InChI is InChI=1S/C59H92O6/c1-4-7-10-13-16-19-22-25-27-29-31-34-37-40-43-46-49-52-58(61)64-55-56(54-63-57(60)51-48-45-42-39-36-33-24-21-18-15-12-9-6-3)65-59(62)53-50-47-44-41-38-35-32-30-28-26-23-20-17-14-11-8-5-2/h9,12,15-21,24-28,31-32,34-35,40-41,43-44,56H,4-8,10-11,13-14,22-23,29-30,33,36-39,42,45-55H2,1-3H3/b12-9-,18-15-,19-16-,20-17-,24-21-,27-25-,28-26-,34-31-,35-32-,43-40-,44-41-. The van der Waals surface area contributed by atoms with Crippen molar-refractivity contribution >= 4 is 17.9 Å². The molecule has 0 amide bonds. The van der Waals surface area contributed by atoms with Crippen LogP contribution in [0.3, 0.4) is 0 Å². The van der Waals surface area contributed by atoms with Gasteiger partial charge in [0.05, 0.1) is 0 Å². The molecule has 0 bridgehead atoms. The Hall–Kier alpha value is -4.45. The normalized spacial score (nSPS) is 13.2. The molecule has 0 aliphatic carbocycles. The summed E-state index contributed by atoms with van der Waals surface area (Å²) < 4.78 is 16.7. The Kier molecular flexibility index (Phi) is 48.6. The Bertz CT molecular complexity index is 1450. The molecule has 0 radical (unpaired) electrons. The molecule has 0 aromatic carbocycles. The molecule has 0 saturated heterocycles. The van der Waals surface area contributed by atoms with E-state index in [1.54, 1.807) is 0 Å². The van der Waals surface area contributed by atoms with E-state index >= 15 is 0 Å². The lowest BCUT2D eigenvalue weighted by Gasteiger charge is -2.18. The first-order valence-electron chi connectivity index (χ1n) is 25.7. The van der Waals surface area contributed by atoms with Gasteiger partial charge in [-0.05, 0) is 116 Å². The number of hydrogen-bond acceptors (Lipinski definition) is 6. The second-order valence-electron chi connectivity index (χ2n) is 16.4. The summed E-state index contributed by atoms with van der Waals surface area (Å²) in [5.74, 6) is -1.08. The fraction of sp³-hybridized carbons (Fsp3) is 0.576. The zero-order valence-corrected chi connectivity index (χ0v) is 41.4. The average Bonchev–Trinajstić information content (AvgIpc) is 3.30. The van der Waals surface area contributed by atoms with Gasteiger partial charge in [0.25, 0.3) is 0 Å². The Balaban J connectivity index is 4.62. The summed E-state index contributed by atoms with van der Waals surface area (Å²) in [4.78, 5) is 37.9. The van der Waals surface area contributed by atoms with Crippen LogP contribution in [-0.2, 0) is 28.6 Å². The fourth-order valence-electron chi connectivity index (χ4n) is 6.31. The molecule has 6 heteroatoms. The predicted molar refractivity (Wildman–Crippen MR) is 279 cm³/mol. The van der Waals surface area contributed by atoms with Crippen LogP contribution in [0.4, 0.5) is 0 Å². The van der Waals surface area contributed by atoms with Gasteiger partial charge in [0.2, 0.25) is 0 Å². The number of hydrogen-bond donors (Lipinski definition) is 0. The number of carbonyl (C=O) groups excluding carboxylic acids is 3. The highest BCUT2D eigenvalue weighted by molar-refractivity contribution is 5.71. The van der Waals surface area contributed by atoms with Crippen molar-refractivity contribution in [3.8, 4) is 0 Å². The van der Waals surface area contributed by atoms with E-state index in [1.807, 2.05) is 6.08 Å². The minimum absolute atomic E-state index is 0.133. The molecule has 65 heavy (non-hydrogen) atoms. The number of esters is 3. The lowest BCUT2D eigenvalue weighted by atomic mass is 10.1. The van der Waals surface area contributed by atoms with Crippen LogP contribution in [0.25, 0.3) is 0 Å². The number of rotatable bonds is 44. The zero-order chi connectivity index (χ0) is 47.2. The van der Waals surface area contributed by atoms with Crippen molar-refractivity contribution in [2.75, 3.05) is 13.2 Å². The van der Waals surface area contributed by atoms with Crippen molar-refractivity contribution in [2.45, 2.75) is 207 Å². The third kappa shape index (κ3) is 50.4. The Morgan fingerprint density at radius 2 is 0.677 bits per heavy atom. The lowest BCUT2D eigenvalue weighted by molar-refractivity contribution is -0.167. The summed E-state index contributed by atoms with van der Waals surface area (Å²) in [6.45, 7) is 6.31. The van der Waals surface area contributed by atoms with Crippen molar-refractivity contribution in [3.63, 3.8) is 0 Å². The van der Waals surface area contributed by atoms with E-state index in [1.165, 1.54) is 51.4 Å². The first kappa shape index (κ1) is 60.5. The van der Waals surface area contributed by atoms with Crippen LogP contribution in [-0.4, -0.2) is 37.2 Å². The van der Waals surface area contributed by atoms with Gasteiger partial charge >= 0.3 is 17.9 Å². The van der Waals surface area contributed by atoms with Gasteiger partial charge in [-0.1, -0.05) is 199 Å². The molecule has 1 unspecified atom stereocenters. The van der Waals surface area contributed by atoms with Gasteiger partial charge in [0, 0.05) is 19.3 Å². The molecule has 1 atom stereocenters. The first-order chi connectivity index (χ1) is 32.0. The molecule has 0 N–H and O–H groups in total. The molecule has 0 saturated carbocycles. The van der Waals surface area contributed by atoms with Gasteiger partial charge < -0.3 is 14.2 Å². The van der Waals surface area contributed by atoms with Gasteiger partial charge in [-0.15, -0.1) is 0 Å². The van der Waals surface area contributed by atoms with Gasteiger partial charge in [0.15, 0.2) is 6.10 Å². The van der Waals surface area contributed by atoms with Crippen LogP contribution in [0.15, 0.2) is 134 Å². The summed E-state index contributed by atoms with van der Waals surface area (Å²) in [5, 5.41) is 0. The van der Waals surface area contributed by atoms with E-state index in [0.717, 1.165) is 96.3 Å². The Labute approximate surface area is 398 Å². The lowest BCUT2D eigenvalue weighted by Crippen LogP contribution is -2.30. The van der Waals surface area contributed by atoms with Crippen molar-refractivity contribution < 1.29 is 28.6 Å². The molecule has 0 heterocycles. The van der Waals surface area contributed by atoms with Crippen molar-refractivity contribution in [3.05, 3.63) is 134 Å². The second kappa shape index (κ2) is 52.2. The highest BCUT2D eigenvalue weighted by Gasteiger charge is 2.19. The second-order valence-corrected chi connectivity index (χ2v) is 16.4. The van der Waals surface area contributed by atoms with Crippen molar-refractivity contribution in [1.29, 1.82) is 0 Å². The van der Waals surface area contributed by atoms with E-state index in [2.05, 4.69) is 148 Å². The van der Waals surface area contributed by atoms with Crippen LogP contribution >= 0.6 is 0 Å². The summed E-state index contributed by atoms with van der Waals surface area (Å²) in [6, 6.07) is 0. The van der Waals surface area contributed by atoms with Crippen molar-refractivity contribution in [2.24, 2.45) is 0 Å². The number of allylic oxidation sites excluding steroid dienone is 22. The third-order valence-electron chi connectivity index (χ3n) is 10.2. The van der Waals surface area contributed by atoms with Crippen molar-refractivity contribution in [1.82, 2.24) is 0 Å². The molecule has 364 valence electrons. The van der Waals surface area contributed by atoms with Gasteiger partial charge in [-0.2, -0.15) is 0 Å². The number of carbonyl (C=O) groups is 3. The van der Waals surface area contributed by atoms with Crippen LogP contribution in [0.2, 0.25) is 0 Å². The quantitative estimate of drug-likeness (QED) is 0.0199. The Morgan fingerprint density at radius 3 is 1.12 bits per heavy atom. The molecule has 0 rings (SSSR count). The van der Waals surface area contributed by atoms with E-state index in [-0.39, 0.29) is 38.0 Å². The highest BCUT2D eigenvalue weighted by Crippen LogP contribution is 2.11. The van der Waals surface area contributed by atoms with E-state index in [9.17, 15) is 14.4 Å². The largest absolute Gasteiger partial charge is 0.462 e. The monoisotopic (exact) mass is 897 g/mol. The minimum atomic E-state index is -0.842. The smallest absolute Gasteiger partial charge is 0.306 e. The molecule has 6 nitrogen and oxygen atoms in total. The van der Waals surface area contributed by atoms with Gasteiger partial charge in [-0.3, -0.25) is 14.4 Å². The SMILES string of the molecule is CC\C=C/C=C\C=C/CCCCCCCC(=O)OCC(COC(=O)CCC/C=C\C/C=C\C/C=C\C/C=C\CCCCC)OC(=O)CCC/C=C\C/C=C\C/C=C\C/C=C\CCCCC. The molecule has 0 fully saturated rings. The molecule has 0 aliphatic heterocycles. The highest BCUT2D eigenvalue weighted by atomic mass is 16.6. The van der Waals surface area contributed by atoms with Crippen LogP contribution < -0.4 is 0 Å². The first-order valence-corrected chi connectivity index (χ1v) is 25.7. The maximum absolute atomic E-state index is 12.8. The fourth-order valence-corrected chi connectivity index (χ4v) is 6.31. The third-order valence-corrected chi connectivity index (χ3v) is 10.2. The summed E-state index contributed by atoms with van der Waals surface area (Å²) >= 11 is 0. The summed E-state index contributed by atoms with van der Waals surface area (Å²) in [6.07, 6.45) is 73.0. The van der Waals surface area contributed by atoms with E-state index in [4.69, 9.17) is 14.2 Å². The predicted octanol–water partition coefficient (Wildman–Crippen LogP) is 17.1. The molecular weight excluding hydrogens is 805 g/mol. The molecule has 0 spiro atoms. The van der Waals surface area contributed by atoms with Crippen LogP contribution in [0.5, 0.6) is 0 Å². The Morgan fingerprint density at radius 1 is 0.338 bits per heavy atom. The number of ether oxygens (including phenoxy) is 3. The summed E-state index contributed by atoms with van der Waals surface area (Å²) in [7, 11) is 0. The van der Waals surface area contributed by atoms with Gasteiger partial charge in [0.1, 0.15) is 13.2 Å². The summed E-state index contributed by atoms with van der Waals surface area (Å²) in [5.41, 5.74) is 0. The minimum Gasteiger partial charge on any atom is -0.462 e. The number of unbranched alkanes of at least 4 members (excludes halogenated alkanes) is 13. The molecule has 0 aliphatic rings. The molecule has 0 aromatic heterocycles. The van der Waals surface area contributed by atoms with Crippen LogP contribution in [0.1, 0.15) is 201 Å². The zero-order valence-electron chi connectivity index (χ0n) is 41.4. The van der Waals surface area contributed by atoms with E-state index < -0.39 is 12.1 Å². The van der Waals surface area contributed by atoms with E-state index in [0.29, 0.717) is 19.3 Å². The van der Waals surface area contributed by atoms with Gasteiger partial charge in [-0.25, -0.2) is 0 Å². The maximum Gasteiger partial charge on any atom is 0.306 e.